The zero-order valence-corrected chi connectivity index (χ0v) is 21.1. The van der Waals surface area contributed by atoms with Gasteiger partial charge in [-0.25, -0.2) is 4.79 Å². The minimum absolute atomic E-state index is 0.253. The molecular weight excluding hydrogens is 490 g/mol. The van der Waals surface area contributed by atoms with Crippen LogP contribution in [0.3, 0.4) is 0 Å². The summed E-state index contributed by atoms with van der Waals surface area (Å²) in [5.41, 5.74) is 6.67. The summed E-state index contributed by atoms with van der Waals surface area (Å²) in [7, 11) is 0. The highest BCUT2D eigenvalue weighted by atomic mass is 32.1. The molecule has 1 aliphatic heterocycles. The molecule has 0 aliphatic carbocycles. The van der Waals surface area contributed by atoms with Crippen LogP contribution in [0.2, 0.25) is 0 Å². The number of carbonyl (C=O) groups excluding carboxylic acids is 2. The number of para-hydroxylation sites is 2. The maximum Gasteiger partial charge on any atom is 0.326 e. The highest BCUT2D eigenvalue weighted by Gasteiger charge is 2.22. The number of imide groups is 1. The van der Waals surface area contributed by atoms with Gasteiger partial charge in [-0.2, -0.15) is 0 Å². The molecule has 0 bridgehead atoms. The van der Waals surface area contributed by atoms with E-state index in [-0.39, 0.29) is 5.70 Å². The molecule has 0 spiro atoms. The summed E-state index contributed by atoms with van der Waals surface area (Å²) in [6.45, 7) is 0. The summed E-state index contributed by atoms with van der Waals surface area (Å²) in [6.07, 6.45) is 1.67. The molecule has 3 amide bonds. The van der Waals surface area contributed by atoms with Crippen LogP contribution >= 0.6 is 11.3 Å². The van der Waals surface area contributed by atoms with Gasteiger partial charge in [0.05, 0.1) is 0 Å². The Morgan fingerprint density at radius 2 is 1.05 bits per heavy atom. The van der Waals surface area contributed by atoms with Crippen molar-refractivity contribution in [3.05, 3.63) is 133 Å². The molecule has 6 rings (SSSR count). The first-order valence-electron chi connectivity index (χ1n) is 12.2. The lowest BCUT2D eigenvalue weighted by Crippen LogP contribution is -2.22. The fourth-order valence-corrected chi connectivity index (χ4v) is 5.43. The van der Waals surface area contributed by atoms with E-state index in [0.29, 0.717) is 0 Å². The van der Waals surface area contributed by atoms with Crippen molar-refractivity contribution in [3.63, 3.8) is 0 Å². The number of amides is 3. The normalized spacial score (nSPS) is 13.8. The lowest BCUT2D eigenvalue weighted by molar-refractivity contribution is -0.115. The lowest BCUT2D eigenvalue weighted by Gasteiger charge is -2.25. The zero-order chi connectivity index (χ0) is 25.9. The third-order valence-electron chi connectivity index (χ3n) is 6.27. The number of benzene rings is 4. The van der Waals surface area contributed by atoms with Crippen LogP contribution in [-0.4, -0.2) is 11.9 Å². The first-order valence-corrected chi connectivity index (χ1v) is 13.0. The Bertz CT molecular complexity index is 1580. The van der Waals surface area contributed by atoms with Gasteiger partial charge >= 0.3 is 6.03 Å². The molecule has 0 radical (unpaired) electrons. The van der Waals surface area contributed by atoms with E-state index in [1.165, 1.54) is 4.88 Å². The molecule has 6 heteroatoms. The third-order valence-corrected chi connectivity index (χ3v) is 7.45. The van der Waals surface area contributed by atoms with Crippen molar-refractivity contribution < 1.29 is 9.59 Å². The van der Waals surface area contributed by atoms with Crippen LogP contribution in [-0.2, 0) is 4.79 Å². The van der Waals surface area contributed by atoms with E-state index in [0.717, 1.165) is 38.6 Å². The van der Waals surface area contributed by atoms with Crippen molar-refractivity contribution in [2.45, 2.75) is 0 Å². The number of thiophene rings is 1. The molecule has 184 valence electrons. The zero-order valence-electron chi connectivity index (χ0n) is 20.3. The van der Waals surface area contributed by atoms with Gasteiger partial charge in [0.1, 0.15) is 5.70 Å². The third kappa shape index (κ3) is 4.85. The topological polar surface area (TPSA) is 61.4 Å². The standard InChI is InChI=1S/C32H23N3O2S/c36-31-28(33-32(37)34-31)21-22-11-13-23(14-12-22)29-19-20-30(38-29)24-15-17-27(18-16-24)35(25-7-3-1-4-8-25)26-9-5-2-6-10-26/h1-21H,(H2,33,34,36,37)/b28-21-. The van der Waals surface area contributed by atoms with Crippen molar-refractivity contribution in [1.82, 2.24) is 10.6 Å². The average Bonchev–Trinajstić information content (AvgIpc) is 3.57. The molecule has 1 saturated heterocycles. The van der Waals surface area contributed by atoms with Gasteiger partial charge in [-0.15, -0.1) is 11.3 Å². The van der Waals surface area contributed by atoms with Crippen LogP contribution in [0.1, 0.15) is 5.56 Å². The van der Waals surface area contributed by atoms with Gasteiger partial charge in [0.2, 0.25) is 0 Å². The highest BCUT2D eigenvalue weighted by molar-refractivity contribution is 7.18. The second kappa shape index (κ2) is 10.2. The van der Waals surface area contributed by atoms with Crippen molar-refractivity contribution in [3.8, 4) is 20.9 Å². The van der Waals surface area contributed by atoms with Crippen LogP contribution < -0.4 is 15.5 Å². The molecule has 5 aromatic rings. The molecular formula is C32H23N3O2S. The summed E-state index contributed by atoms with van der Waals surface area (Å²) in [6, 6.07) is 41.1. The summed E-state index contributed by atoms with van der Waals surface area (Å²) in [5, 5.41) is 4.72. The molecule has 0 atom stereocenters. The highest BCUT2D eigenvalue weighted by Crippen LogP contribution is 2.38. The van der Waals surface area contributed by atoms with Crippen molar-refractivity contribution >= 4 is 46.4 Å². The van der Waals surface area contributed by atoms with Gasteiger partial charge < -0.3 is 10.2 Å². The number of nitrogens with one attached hydrogen (secondary N) is 2. The van der Waals surface area contributed by atoms with E-state index in [9.17, 15) is 9.59 Å². The molecule has 2 N–H and O–H groups in total. The second-order valence-electron chi connectivity index (χ2n) is 8.81. The van der Waals surface area contributed by atoms with Crippen molar-refractivity contribution in [2.75, 3.05) is 4.90 Å². The van der Waals surface area contributed by atoms with Gasteiger partial charge in [0, 0.05) is 26.8 Å². The Labute approximate surface area is 224 Å². The maximum absolute atomic E-state index is 11.8. The van der Waals surface area contributed by atoms with Gasteiger partial charge in [-0.3, -0.25) is 10.1 Å². The number of nitrogens with zero attached hydrogens (tertiary/aromatic N) is 1. The minimum atomic E-state index is -0.496. The number of hydrogen-bond donors (Lipinski definition) is 2. The molecule has 1 aliphatic rings. The van der Waals surface area contributed by atoms with Crippen molar-refractivity contribution in [2.24, 2.45) is 0 Å². The van der Waals surface area contributed by atoms with E-state index in [4.69, 9.17) is 0 Å². The van der Waals surface area contributed by atoms with Crippen molar-refractivity contribution in [1.29, 1.82) is 0 Å². The Morgan fingerprint density at radius 1 is 0.553 bits per heavy atom. The molecule has 5 nitrogen and oxygen atoms in total. The smallest absolute Gasteiger partial charge is 0.311 e. The molecule has 38 heavy (non-hydrogen) atoms. The van der Waals surface area contributed by atoms with Crippen LogP contribution in [0.5, 0.6) is 0 Å². The molecule has 2 heterocycles. The van der Waals surface area contributed by atoms with E-state index in [2.05, 4.69) is 100 Å². The molecule has 1 fully saturated rings. The quantitative estimate of drug-likeness (QED) is 0.180. The Morgan fingerprint density at radius 3 is 1.55 bits per heavy atom. The SMILES string of the molecule is O=C1NC(=O)/C(=C/c2ccc(-c3ccc(-c4ccc(N(c5ccccc5)c5ccccc5)cc4)s3)cc2)N1. The Kier molecular flexibility index (Phi) is 6.30. The Balaban J connectivity index is 1.23. The monoisotopic (exact) mass is 513 g/mol. The number of hydrogen-bond acceptors (Lipinski definition) is 4. The number of anilines is 3. The number of urea groups is 1. The van der Waals surface area contributed by atoms with E-state index >= 15 is 0 Å². The largest absolute Gasteiger partial charge is 0.326 e. The number of carbonyl (C=O) groups is 2. The average molecular weight is 514 g/mol. The fraction of sp³-hybridized carbons (Fsp3) is 0. The van der Waals surface area contributed by atoms with Gasteiger partial charge in [-0.05, 0) is 71.3 Å². The fourth-order valence-electron chi connectivity index (χ4n) is 4.42. The summed E-state index contributed by atoms with van der Waals surface area (Å²) in [4.78, 5) is 27.7. The van der Waals surface area contributed by atoms with Gasteiger partial charge in [-0.1, -0.05) is 72.8 Å². The predicted octanol–water partition coefficient (Wildman–Crippen LogP) is 7.73. The molecule has 1 aromatic heterocycles. The van der Waals surface area contributed by atoms with Crippen LogP contribution in [0, 0.1) is 0 Å². The first-order chi connectivity index (χ1) is 18.6. The van der Waals surface area contributed by atoms with Crippen LogP contribution in [0.25, 0.3) is 27.0 Å². The number of rotatable bonds is 6. The minimum Gasteiger partial charge on any atom is -0.311 e. The maximum atomic E-state index is 11.8. The van der Waals surface area contributed by atoms with E-state index < -0.39 is 11.9 Å². The van der Waals surface area contributed by atoms with Gasteiger partial charge in [0.15, 0.2) is 0 Å². The first kappa shape index (κ1) is 23.5. The molecule has 0 saturated carbocycles. The summed E-state index contributed by atoms with van der Waals surface area (Å²) < 4.78 is 0. The second-order valence-corrected chi connectivity index (χ2v) is 9.89. The van der Waals surface area contributed by atoms with Crippen LogP contribution in [0.15, 0.2) is 127 Å². The Hall–Kier alpha value is -4.94. The van der Waals surface area contributed by atoms with E-state index in [1.807, 2.05) is 36.4 Å². The predicted molar refractivity (Wildman–Crippen MR) is 155 cm³/mol. The molecule has 0 unspecified atom stereocenters. The van der Waals surface area contributed by atoms with Gasteiger partial charge in [0.25, 0.3) is 5.91 Å². The summed E-state index contributed by atoms with van der Waals surface area (Å²) in [5.74, 6) is -0.413. The van der Waals surface area contributed by atoms with E-state index in [1.54, 1.807) is 17.4 Å². The summed E-state index contributed by atoms with van der Waals surface area (Å²) >= 11 is 1.74. The van der Waals surface area contributed by atoms with Crippen LogP contribution in [0.4, 0.5) is 21.9 Å². The lowest BCUT2D eigenvalue weighted by atomic mass is 10.1. The molecule has 4 aromatic carbocycles.